The molecule has 1 unspecified atom stereocenters. The van der Waals surface area contributed by atoms with Crippen LogP contribution in [0.2, 0.25) is 0 Å². The third kappa shape index (κ3) is 2.36. The zero-order chi connectivity index (χ0) is 12.5. The molecule has 1 saturated heterocycles. The van der Waals surface area contributed by atoms with E-state index in [0.717, 1.165) is 12.8 Å². The lowest BCUT2D eigenvalue weighted by Crippen LogP contribution is -2.40. The average Bonchev–Trinajstić information content (AvgIpc) is 2.87. The summed E-state index contributed by atoms with van der Waals surface area (Å²) in [5, 5.41) is 3.23. The highest BCUT2D eigenvalue weighted by atomic mass is 32.2. The van der Waals surface area contributed by atoms with Crippen LogP contribution in [-0.2, 0) is 10.0 Å². The molecule has 6 nitrogen and oxygen atoms in total. The summed E-state index contributed by atoms with van der Waals surface area (Å²) >= 11 is 0. The van der Waals surface area contributed by atoms with Gasteiger partial charge in [-0.05, 0) is 26.8 Å². The lowest BCUT2D eigenvalue weighted by Gasteiger charge is -2.22. The lowest BCUT2D eigenvalue weighted by atomic mass is 10.2. The molecule has 0 aromatic carbocycles. The fraction of sp³-hybridized carbons (Fsp3) is 0.700. The van der Waals surface area contributed by atoms with Crippen molar-refractivity contribution in [3.8, 4) is 0 Å². The molecule has 1 aliphatic heterocycles. The molecule has 0 aliphatic carbocycles. The van der Waals surface area contributed by atoms with E-state index in [4.69, 9.17) is 0 Å². The highest BCUT2D eigenvalue weighted by molar-refractivity contribution is 7.89. The van der Waals surface area contributed by atoms with Crippen LogP contribution in [0, 0.1) is 6.92 Å². The maximum atomic E-state index is 12.4. The number of H-pyrrole nitrogens is 1. The standard InChI is InChI=1S/C10H18N4O2S/c1-8-12-7-10(13-8)17(15,16)14-5-3-4-9(14)6-11-2/h7,9,11H,3-6H2,1-2H3,(H,12,13). The van der Waals surface area contributed by atoms with Gasteiger partial charge in [0.1, 0.15) is 5.82 Å². The van der Waals surface area contributed by atoms with E-state index in [-0.39, 0.29) is 11.1 Å². The SMILES string of the molecule is CNCC1CCCN1S(=O)(=O)c1cnc(C)[nH]1. The quantitative estimate of drug-likeness (QED) is 0.802. The van der Waals surface area contributed by atoms with E-state index in [0.29, 0.717) is 18.9 Å². The Morgan fingerprint density at radius 1 is 1.65 bits per heavy atom. The van der Waals surface area contributed by atoms with E-state index >= 15 is 0 Å². The number of nitrogens with one attached hydrogen (secondary N) is 2. The van der Waals surface area contributed by atoms with Gasteiger partial charge in [-0.15, -0.1) is 0 Å². The number of sulfonamides is 1. The van der Waals surface area contributed by atoms with Crippen LogP contribution in [0.5, 0.6) is 0 Å². The molecule has 2 rings (SSSR count). The number of rotatable bonds is 4. The topological polar surface area (TPSA) is 78.1 Å². The summed E-state index contributed by atoms with van der Waals surface area (Å²) in [6, 6.07) is 0.0496. The minimum Gasteiger partial charge on any atom is -0.332 e. The van der Waals surface area contributed by atoms with Crippen molar-refractivity contribution in [3.05, 3.63) is 12.0 Å². The van der Waals surface area contributed by atoms with Crippen LogP contribution in [0.3, 0.4) is 0 Å². The largest absolute Gasteiger partial charge is 0.332 e. The number of hydrogen-bond donors (Lipinski definition) is 2. The molecule has 2 heterocycles. The molecule has 1 atom stereocenters. The number of nitrogens with zero attached hydrogens (tertiary/aromatic N) is 2. The maximum absolute atomic E-state index is 12.4. The molecule has 0 bridgehead atoms. The molecule has 96 valence electrons. The van der Waals surface area contributed by atoms with Crippen LogP contribution in [0.25, 0.3) is 0 Å². The maximum Gasteiger partial charge on any atom is 0.260 e. The number of imidazole rings is 1. The van der Waals surface area contributed by atoms with Gasteiger partial charge in [-0.1, -0.05) is 0 Å². The molecule has 0 spiro atoms. The van der Waals surface area contributed by atoms with Crippen molar-refractivity contribution in [1.82, 2.24) is 19.6 Å². The van der Waals surface area contributed by atoms with Gasteiger partial charge in [-0.25, -0.2) is 13.4 Å². The molecule has 0 radical (unpaired) electrons. The fourth-order valence-corrected chi connectivity index (χ4v) is 3.88. The van der Waals surface area contributed by atoms with Gasteiger partial charge < -0.3 is 10.3 Å². The Balaban J connectivity index is 2.26. The zero-order valence-corrected chi connectivity index (χ0v) is 10.9. The second-order valence-electron chi connectivity index (χ2n) is 4.30. The monoisotopic (exact) mass is 258 g/mol. The van der Waals surface area contributed by atoms with Crippen molar-refractivity contribution in [2.75, 3.05) is 20.1 Å². The first kappa shape index (κ1) is 12.5. The van der Waals surface area contributed by atoms with Crippen LogP contribution in [0.4, 0.5) is 0 Å². The first-order chi connectivity index (χ1) is 8.05. The Bertz CT molecular complexity index is 482. The average molecular weight is 258 g/mol. The zero-order valence-electron chi connectivity index (χ0n) is 10.1. The summed E-state index contributed by atoms with van der Waals surface area (Å²) in [5.74, 6) is 0.618. The van der Waals surface area contributed by atoms with Crippen LogP contribution < -0.4 is 5.32 Å². The van der Waals surface area contributed by atoms with Crippen molar-refractivity contribution >= 4 is 10.0 Å². The van der Waals surface area contributed by atoms with E-state index < -0.39 is 10.0 Å². The third-order valence-electron chi connectivity index (χ3n) is 3.03. The van der Waals surface area contributed by atoms with Gasteiger partial charge in [-0.3, -0.25) is 0 Å². The summed E-state index contributed by atoms with van der Waals surface area (Å²) in [6.07, 6.45) is 3.21. The van der Waals surface area contributed by atoms with Crippen LogP contribution in [0.1, 0.15) is 18.7 Å². The minimum atomic E-state index is -3.41. The van der Waals surface area contributed by atoms with E-state index in [9.17, 15) is 8.42 Å². The van der Waals surface area contributed by atoms with Gasteiger partial charge in [0.15, 0.2) is 5.03 Å². The molecular weight excluding hydrogens is 240 g/mol. The predicted octanol–water partition coefficient (Wildman–Crippen LogP) is 0.0906. The lowest BCUT2D eigenvalue weighted by molar-refractivity contribution is 0.378. The van der Waals surface area contributed by atoms with E-state index in [1.165, 1.54) is 6.20 Å². The molecule has 7 heteroatoms. The predicted molar refractivity (Wildman–Crippen MR) is 64.2 cm³/mol. The number of likely N-dealkylation sites (N-methyl/N-ethyl adjacent to an activating group) is 1. The molecule has 0 amide bonds. The van der Waals surface area contributed by atoms with Crippen molar-refractivity contribution in [3.63, 3.8) is 0 Å². The van der Waals surface area contributed by atoms with Crippen molar-refractivity contribution in [1.29, 1.82) is 0 Å². The molecular formula is C10H18N4O2S. The van der Waals surface area contributed by atoms with Crippen molar-refractivity contribution in [2.45, 2.75) is 30.8 Å². The van der Waals surface area contributed by atoms with Gasteiger partial charge in [0.05, 0.1) is 6.20 Å². The van der Waals surface area contributed by atoms with Crippen molar-refractivity contribution in [2.24, 2.45) is 0 Å². The Kier molecular flexibility index (Phi) is 3.50. The van der Waals surface area contributed by atoms with E-state index in [1.807, 2.05) is 7.05 Å². The third-order valence-corrected chi connectivity index (χ3v) is 4.89. The van der Waals surface area contributed by atoms with E-state index in [2.05, 4.69) is 15.3 Å². The smallest absolute Gasteiger partial charge is 0.260 e. The fourth-order valence-electron chi connectivity index (χ4n) is 2.22. The Hall–Kier alpha value is -0.920. The summed E-state index contributed by atoms with van der Waals surface area (Å²) in [4.78, 5) is 6.74. The molecule has 1 aromatic heterocycles. The van der Waals surface area contributed by atoms with Crippen LogP contribution in [0.15, 0.2) is 11.2 Å². The Morgan fingerprint density at radius 3 is 3.00 bits per heavy atom. The summed E-state index contributed by atoms with van der Waals surface area (Å²) in [6.45, 7) is 3.02. The summed E-state index contributed by atoms with van der Waals surface area (Å²) in [7, 11) is -1.58. The van der Waals surface area contributed by atoms with Gasteiger partial charge >= 0.3 is 0 Å². The first-order valence-electron chi connectivity index (χ1n) is 5.73. The van der Waals surface area contributed by atoms with Crippen LogP contribution in [-0.4, -0.2) is 48.9 Å². The highest BCUT2D eigenvalue weighted by Crippen LogP contribution is 2.24. The number of aryl methyl sites for hydroxylation is 1. The van der Waals surface area contributed by atoms with Crippen molar-refractivity contribution < 1.29 is 8.42 Å². The van der Waals surface area contributed by atoms with Gasteiger partial charge in [0.25, 0.3) is 10.0 Å². The second-order valence-corrected chi connectivity index (χ2v) is 6.16. The molecule has 0 saturated carbocycles. The normalized spacial score (nSPS) is 22.1. The molecule has 1 aliphatic rings. The summed E-state index contributed by atoms with van der Waals surface area (Å²) < 4.78 is 26.3. The van der Waals surface area contributed by atoms with Gasteiger partial charge in [0.2, 0.25) is 0 Å². The van der Waals surface area contributed by atoms with Gasteiger partial charge in [0, 0.05) is 19.1 Å². The molecule has 1 fully saturated rings. The second kappa shape index (κ2) is 4.75. The number of aromatic amines is 1. The van der Waals surface area contributed by atoms with Gasteiger partial charge in [-0.2, -0.15) is 4.31 Å². The first-order valence-corrected chi connectivity index (χ1v) is 7.18. The molecule has 17 heavy (non-hydrogen) atoms. The van der Waals surface area contributed by atoms with E-state index in [1.54, 1.807) is 11.2 Å². The number of hydrogen-bond acceptors (Lipinski definition) is 4. The molecule has 1 aromatic rings. The minimum absolute atomic E-state index is 0.0496. The highest BCUT2D eigenvalue weighted by Gasteiger charge is 2.35. The Morgan fingerprint density at radius 2 is 2.41 bits per heavy atom. The number of aromatic nitrogens is 2. The Labute approximate surface area is 101 Å². The summed E-state index contributed by atoms with van der Waals surface area (Å²) in [5.41, 5.74) is 0. The molecule has 2 N–H and O–H groups in total. The van der Waals surface area contributed by atoms with Crippen LogP contribution >= 0.6 is 0 Å².